The van der Waals surface area contributed by atoms with E-state index in [1.807, 2.05) is 42.5 Å². The van der Waals surface area contributed by atoms with Gasteiger partial charge in [0, 0.05) is 27.0 Å². The van der Waals surface area contributed by atoms with Gasteiger partial charge in [0.25, 0.3) is 0 Å². The Labute approximate surface area is 201 Å². The van der Waals surface area contributed by atoms with Crippen molar-refractivity contribution in [1.29, 1.82) is 0 Å². The van der Waals surface area contributed by atoms with Gasteiger partial charge in [-0.1, -0.05) is 72.2 Å². The molecule has 0 saturated carbocycles. The first-order chi connectivity index (χ1) is 15.7. The average Bonchev–Trinajstić information content (AvgIpc) is 2.97. The quantitative estimate of drug-likeness (QED) is 0.195. The summed E-state index contributed by atoms with van der Waals surface area (Å²) >= 11 is 5.17. The molecule has 32 heavy (non-hydrogen) atoms. The van der Waals surface area contributed by atoms with Gasteiger partial charge in [-0.15, -0.1) is 10.2 Å². The molecule has 0 spiro atoms. The summed E-state index contributed by atoms with van der Waals surface area (Å²) in [6, 6.07) is 13.8. The van der Waals surface area contributed by atoms with E-state index in [0.717, 1.165) is 39.2 Å². The first-order valence-electron chi connectivity index (χ1n) is 10.6. The largest absolute Gasteiger partial charge is 0.490 e. The Balaban J connectivity index is 1.68. The van der Waals surface area contributed by atoms with Crippen LogP contribution in [0.5, 0.6) is 11.6 Å². The number of hydrogen-bond donors (Lipinski definition) is 1. The maximum absolute atomic E-state index is 6.36. The molecule has 0 bridgehead atoms. The molecule has 0 saturated heterocycles. The van der Waals surface area contributed by atoms with Crippen LogP contribution < -0.4 is 14.8 Å². The Morgan fingerprint density at radius 2 is 2.12 bits per heavy atom. The van der Waals surface area contributed by atoms with E-state index in [4.69, 9.17) is 14.5 Å². The smallest absolute Gasteiger partial charge is 0.247 e. The van der Waals surface area contributed by atoms with Crippen LogP contribution in [0.1, 0.15) is 38.0 Å². The molecule has 3 aromatic rings. The molecule has 1 atom stereocenters. The molecule has 1 aliphatic rings. The van der Waals surface area contributed by atoms with Crippen molar-refractivity contribution in [3.05, 3.63) is 65.2 Å². The second-order valence-corrected chi connectivity index (χ2v) is 9.29. The maximum atomic E-state index is 6.36. The summed E-state index contributed by atoms with van der Waals surface area (Å²) in [5.41, 5.74) is 3.32. The van der Waals surface area contributed by atoms with Gasteiger partial charge in [0.1, 0.15) is 12.4 Å². The van der Waals surface area contributed by atoms with E-state index in [-0.39, 0.29) is 0 Å². The van der Waals surface area contributed by atoms with Crippen LogP contribution in [0.25, 0.3) is 11.3 Å². The summed E-state index contributed by atoms with van der Waals surface area (Å²) < 4.78 is 13.0. The number of aromatic nitrogens is 3. The number of benzene rings is 2. The number of nitrogens with one attached hydrogen (secondary N) is 1. The zero-order chi connectivity index (χ0) is 22.3. The van der Waals surface area contributed by atoms with Crippen molar-refractivity contribution in [3.8, 4) is 22.9 Å². The fraction of sp³-hybridized carbons (Fsp3) is 0.292. The predicted molar refractivity (Wildman–Crippen MR) is 132 cm³/mol. The van der Waals surface area contributed by atoms with Gasteiger partial charge in [-0.2, -0.15) is 4.98 Å². The van der Waals surface area contributed by atoms with Crippen molar-refractivity contribution in [2.75, 3.05) is 17.7 Å². The van der Waals surface area contributed by atoms with Gasteiger partial charge in [-0.05, 0) is 36.8 Å². The zero-order valence-corrected chi connectivity index (χ0v) is 20.3. The SMILES string of the molecule is C=CCOc1cccc(C2Nc3ccc(Br)cc3-c3nnc(SCCCCC)nc3O2)c1. The van der Waals surface area contributed by atoms with Crippen LogP contribution in [0.2, 0.25) is 0 Å². The van der Waals surface area contributed by atoms with Crippen molar-refractivity contribution in [3.63, 3.8) is 0 Å². The zero-order valence-electron chi connectivity index (χ0n) is 17.9. The van der Waals surface area contributed by atoms with Gasteiger partial charge in [0.2, 0.25) is 11.0 Å². The van der Waals surface area contributed by atoms with E-state index >= 15 is 0 Å². The highest BCUT2D eigenvalue weighted by Crippen LogP contribution is 2.41. The Morgan fingerprint density at radius 3 is 2.97 bits per heavy atom. The number of fused-ring (bicyclic) bond motifs is 3. The molecule has 0 aliphatic carbocycles. The molecule has 1 N–H and O–H groups in total. The topological polar surface area (TPSA) is 69.2 Å². The van der Waals surface area contributed by atoms with Gasteiger partial charge in [0.15, 0.2) is 11.9 Å². The van der Waals surface area contributed by atoms with Crippen LogP contribution in [0.15, 0.2) is 64.7 Å². The van der Waals surface area contributed by atoms with Gasteiger partial charge >= 0.3 is 0 Å². The molecule has 4 rings (SSSR count). The lowest BCUT2D eigenvalue weighted by atomic mass is 10.1. The van der Waals surface area contributed by atoms with Crippen molar-refractivity contribution in [1.82, 2.24) is 15.2 Å². The van der Waals surface area contributed by atoms with E-state index in [0.29, 0.717) is 23.3 Å². The average molecular weight is 513 g/mol. The van der Waals surface area contributed by atoms with Gasteiger partial charge < -0.3 is 14.8 Å². The molecule has 2 aromatic carbocycles. The fourth-order valence-corrected chi connectivity index (χ4v) is 4.46. The molecule has 0 amide bonds. The Bertz CT molecular complexity index is 1100. The third-order valence-electron chi connectivity index (χ3n) is 4.90. The number of hydrogen-bond acceptors (Lipinski definition) is 7. The van der Waals surface area contributed by atoms with Crippen molar-refractivity contribution in [2.45, 2.75) is 37.6 Å². The minimum atomic E-state index is -0.460. The van der Waals surface area contributed by atoms with E-state index in [1.54, 1.807) is 17.8 Å². The third-order valence-corrected chi connectivity index (χ3v) is 6.31. The van der Waals surface area contributed by atoms with Crippen LogP contribution in [0.4, 0.5) is 5.69 Å². The normalized spacial score (nSPS) is 14.4. The fourth-order valence-electron chi connectivity index (χ4n) is 3.32. The number of anilines is 1. The first kappa shape index (κ1) is 22.6. The minimum absolute atomic E-state index is 0.442. The molecule has 0 radical (unpaired) electrons. The second-order valence-electron chi connectivity index (χ2n) is 7.31. The predicted octanol–water partition coefficient (Wildman–Crippen LogP) is 6.65. The standard InChI is InChI=1S/C24H25BrN4O2S/c1-3-5-6-13-32-24-27-23-21(28-29-24)19-15-17(25)10-11-20(19)26-22(31-23)16-8-7-9-18(14-16)30-12-4-2/h4,7-11,14-15,22,26H,2-3,5-6,12-13H2,1H3. The highest BCUT2D eigenvalue weighted by atomic mass is 79.9. The monoisotopic (exact) mass is 512 g/mol. The van der Waals surface area contributed by atoms with E-state index in [2.05, 4.69) is 44.9 Å². The number of unbranched alkanes of at least 4 members (excludes halogenated alkanes) is 2. The van der Waals surface area contributed by atoms with Crippen LogP contribution in [0, 0.1) is 0 Å². The van der Waals surface area contributed by atoms with Crippen LogP contribution in [-0.2, 0) is 0 Å². The number of rotatable bonds is 9. The summed E-state index contributed by atoms with van der Waals surface area (Å²) in [7, 11) is 0. The summed E-state index contributed by atoms with van der Waals surface area (Å²) in [4.78, 5) is 4.71. The maximum Gasteiger partial charge on any atom is 0.247 e. The Kier molecular flexibility index (Phi) is 7.65. The lowest BCUT2D eigenvalue weighted by Crippen LogP contribution is -2.17. The summed E-state index contributed by atoms with van der Waals surface area (Å²) in [5, 5.41) is 13.0. The van der Waals surface area contributed by atoms with E-state index in [1.165, 1.54) is 12.8 Å². The summed E-state index contributed by atoms with van der Waals surface area (Å²) in [6.45, 7) is 6.34. The van der Waals surface area contributed by atoms with Crippen LogP contribution in [0.3, 0.4) is 0 Å². The summed E-state index contributed by atoms with van der Waals surface area (Å²) in [6.07, 6.45) is 4.76. The highest BCUT2D eigenvalue weighted by molar-refractivity contribution is 9.10. The molecular weight excluding hydrogens is 488 g/mol. The molecule has 1 aromatic heterocycles. The molecule has 1 unspecified atom stereocenters. The van der Waals surface area contributed by atoms with Gasteiger partial charge in [-0.25, -0.2) is 0 Å². The van der Waals surface area contributed by atoms with E-state index < -0.39 is 6.23 Å². The minimum Gasteiger partial charge on any atom is -0.490 e. The molecular formula is C24H25BrN4O2S. The third kappa shape index (κ3) is 5.42. The lowest BCUT2D eigenvalue weighted by molar-refractivity contribution is 0.224. The van der Waals surface area contributed by atoms with Crippen molar-refractivity contribution < 1.29 is 9.47 Å². The van der Waals surface area contributed by atoms with Crippen LogP contribution in [-0.4, -0.2) is 27.5 Å². The number of halogens is 1. The molecule has 8 heteroatoms. The number of nitrogens with zero attached hydrogens (tertiary/aromatic N) is 3. The Hall–Kier alpha value is -2.58. The van der Waals surface area contributed by atoms with Crippen molar-refractivity contribution >= 4 is 33.4 Å². The molecule has 0 fully saturated rings. The second kappa shape index (κ2) is 10.8. The molecule has 1 aliphatic heterocycles. The van der Waals surface area contributed by atoms with Crippen molar-refractivity contribution in [2.24, 2.45) is 0 Å². The summed E-state index contributed by atoms with van der Waals surface area (Å²) in [5.74, 6) is 2.17. The molecule has 6 nitrogen and oxygen atoms in total. The number of thioether (sulfide) groups is 1. The highest BCUT2D eigenvalue weighted by Gasteiger charge is 2.26. The first-order valence-corrected chi connectivity index (χ1v) is 12.4. The lowest BCUT2D eigenvalue weighted by Gasteiger charge is -2.20. The molecule has 2 heterocycles. The van der Waals surface area contributed by atoms with Gasteiger partial charge in [-0.3, -0.25) is 0 Å². The van der Waals surface area contributed by atoms with Crippen LogP contribution >= 0.6 is 27.7 Å². The van der Waals surface area contributed by atoms with E-state index in [9.17, 15) is 0 Å². The Morgan fingerprint density at radius 1 is 1.22 bits per heavy atom. The number of ether oxygens (including phenoxy) is 2. The van der Waals surface area contributed by atoms with Gasteiger partial charge in [0.05, 0.1) is 0 Å². The molecule has 166 valence electrons.